The van der Waals surface area contributed by atoms with E-state index in [9.17, 15) is 24.3 Å². The molecule has 7 heterocycles. The second kappa shape index (κ2) is 18.4. The van der Waals surface area contributed by atoms with Crippen LogP contribution in [0.3, 0.4) is 0 Å². The molecule has 4 aliphatic heterocycles. The fourth-order valence-corrected chi connectivity index (χ4v) is 11.0. The number of likely N-dealkylation sites (tertiary alicyclic amines) is 1. The average Bonchev–Trinajstić information content (AvgIpc) is 3.61. The molecule has 0 radical (unpaired) electrons. The number of fused-ring (bicyclic) bond motifs is 6. The lowest BCUT2D eigenvalue weighted by Crippen LogP contribution is -2.49. The number of piperidine rings is 2. The normalized spacial score (nSPS) is 23.1. The van der Waals surface area contributed by atoms with Gasteiger partial charge in [-0.2, -0.15) is 4.98 Å². The maximum Gasteiger partial charge on any atom is 0.278 e. The van der Waals surface area contributed by atoms with Crippen molar-refractivity contribution in [2.24, 2.45) is 11.3 Å². The first-order chi connectivity index (χ1) is 32.5. The summed E-state index contributed by atoms with van der Waals surface area (Å²) in [7, 11) is 1.56. The number of methoxy groups -OCH3 is 1. The Bertz CT molecular complexity index is 2750. The van der Waals surface area contributed by atoms with E-state index in [1.54, 1.807) is 47.8 Å². The maximum absolute atomic E-state index is 13.7. The molecule has 2 bridgehead atoms. The molecule has 2 atom stereocenters. The van der Waals surface area contributed by atoms with E-state index in [0.717, 1.165) is 64.3 Å². The highest BCUT2D eigenvalue weighted by atomic mass is 16.5. The van der Waals surface area contributed by atoms with Crippen molar-refractivity contribution in [3.05, 3.63) is 106 Å². The Labute approximate surface area is 390 Å². The highest BCUT2D eigenvalue weighted by molar-refractivity contribution is 6.02. The van der Waals surface area contributed by atoms with Crippen LogP contribution >= 0.6 is 0 Å². The number of anilines is 3. The monoisotopic (exact) mass is 908 g/mol. The molecule has 5 aliphatic rings. The van der Waals surface area contributed by atoms with Crippen molar-refractivity contribution in [2.45, 2.75) is 89.2 Å². The Morgan fingerprint density at radius 1 is 0.896 bits per heavy atom. The number of aliphatic hydroxyl groups is 1. The van der Waals surface area contributed by atoms with Gasteiger partial charge in [0.25, 0.3) is 11.5 Å². The number of benzene rings is 2. The lowest BCUT2D eigenvalue weighted by Gasteiger charge is -2.47. The van der Waals surface area contributed by atoms with Crippen LogP contribution in [0.4, 0.5) is 17.3 Å². The molecule has 3 aromatic heterocycles. The number of imide groups is 1. The van der Waals surface area contributed by atoms with E-state index in [-0.39, 0.29) is 29.7 Å². The Balaban J connectivity index is 0.706. The number of pyridine rings is 1. The van der Waals surface area contributed by atoms with E-state index < -0.39 is 11.5 Å². The third-order valence-electron chi connectivity index (χ3n) is 15.2. The fourth-order valence-electron chi connectivity index (χ4n) is 11.0. The third kappa shape index (κ3) is 9.08. The van der Waals surface area contributed by atoms with Crippen LogP contribution in [0.25, 0.3) is 16.9 Å². The number of nitrogens with one attached hydrogen (secondary N) is 2. The number of hydrogen-bond acceptors (Lipinski definition) is 12. The number of carbonyl (C=O) groups is 3. The number of allylic oxidation sites excluding steroid dienone is 2. The standard InChI is InChI=1S/C51H60N10O6/c1-50(66)19-4-3-5-24-60-48(65)40-32-52-49(56-45(40)61(60)43-8-6-7-42(50)54-43)53-36-10-12-37(13-11-36)58-29-27-57(28-30-58)33-34-17-20-51(21-18-34)22-25-59(26-23-51)47(64)35-9-15-41(67-2)39(31-35)38-14-16-44(62)55-46(38)63/h3,5-13,15,31-32,34,38,66H,4,14,16-30,33H2,1-2H3,(H,52,53,56)(H,55,62,63)/b5-3-/t38?,50-/m1/s1. The Morgan fingerprint density at radius 3 is 2.42 bits per heavy atom. The van der Waals surface area contributed by atoms with Crippen LogP contribution in [0, 0.1) is 11.3 Å². The number of aromatic nitrogens is 5. The van der Waals surface area contributed by atoms with Crippen LogP contribution in [-0.2, 0) is 21.7 Å². The van der Waals surface area contributed by atoms with Crippen LogP contribution in [0.15, 0.2) is 83.8 Å². The minimum atomic E-state index is -1.12. The van der Waals surface area contributed by atoms with Gasteiger partial charge >= 0.3 is 0 Å². The molecule has 16 heteroatoms. The molecule has 67 heavy (non-hydrogen) atoms. The summed E-state index contributed by atoms with van der Waals surface area (Å²) < 4.78 is 8.88. The predicted octanol–water partition coefficient (Wildman–Crippen LogP) is 6.04. The van der Waals surface area contributed by atoms with Crippen molar-refractivity contribution in [1.82, 2.24) is 39.4 Å². The van der Waals surface area contributed by atoms with Gasteiger partial charge < -0.3 is 25.0 Å². The van der Waals surface area contributed by atoms with E-state index in [1.165, 1.54) is 31.4 Å². The third-order valence-corrected chi connectivity index (χ3v) is 15.2. The number of ether oxygens (including phenoxy) is 1. The summed E-state index contributed by atoms with van der Waals surface area (Å²) in [6, 6.07) is 19.2. The van der Waals surface area contributed by atoms with Gasteiger partial charge in [0.15, 0.2) is 11.5 Å². The summed E-state index contributed by atoms with van der Waals surface area (Å²) in [5, 5.41) is 17.3. The molecular formula is C51H60N10O6. The highest BCUT2D eigenvalue weighted by Gasteiger charge is 2.40. The molecule has 10 rings (SSSR count). The summed E-state index contributed by atoms with van der Waals surface area (Å²) in [5.41, 5.74) is 3.18. The van der Waals surface area contributed by atoms with Gasteiger partial charge in [0.1, 0.15) is 16.7 Å². The zero-order chi connectivity index (χ0) is 46.3. The van der Waals surface area contributed by atoms with Crippen molar-refractivity contribution < 1.29 is 24.2 Å². The van der Waals surface area contributed by atoms with Gasteiger partial charge in [-0.1, -0.05) is 18.2 Å². The molecule has 1 unspecified atom stereocenters. The number of nitrogens with zero attached hydrogens (tertiary/aromatic N) is 8. The molecule has 2 aromatic carbocycles. The number of hydrogen-bond donors (Lipinski definition) is 3. The van der Waals surface area contributed by atoms with Gasteiger partial charge in [-0.15, -0.1) is 0 Å². The van der Waals surface area contributed by atoms with Crippen LogP contribution in [0.1, 0.15) is 98.7 Å². The van der Waals surface area contributed by atoms with Crippen LogP contribution < -0.4 is 25.8 Å². The maximum atomic E-state index is 13.7. The van der Waals surface area contributed by atoms with Gasteiger partial charge in [0, 0.05) is 80.9 Å². The lowest BCUT2D eigenvalue weighted by atomic mass is 9.65. The molecule has 1 aliphatic carbocycles. The molecule has 4 fully saturated rings. The topological polar surface area (TPSA) is 180 Å². The van der Waals surface area contributed by atoms with E-state index in [1.807, 2.05) is 47.4 Å². The van der Waals surface area contributed by atoms with Crippen LogP contribution in [0.5, 0.6) is 5.75 Å². The van der Waals surface area contributed by atoms with Crippen molar-refractivity contribution in [3.8, 4) is 11.6 Å². The lowest BCUT2D eigenvalue weighted by molar-refractivity contribution is -0.134. The summed E-state index contributed by atoms with van der Waals surface area (Å²) in [6.07, 6.45) is 14.2. The predicted molar refractivity (Wildman–Crippen MR) is 255 cm³/mol. The highest BCUT2D eigenvalue weighted by Crippen LogP contribution is 2.47. The molecule has 3 amide bonds. The zero-order valence-electron chi connectivity index (χ0n) is 38.5. The average molecular weight is 909 g/mol. The van der Waals surface area contributed by atoms with Gasteiger partial charge in [0.2, 0.25) is 17.8 Å². The first-order valence-corrected chi connectivity index (χ1v) is 24.0. The van der Waals surface area contributed by atoms with Gasteiger partial charge in [-0.3, -0.25) is 29.4 Å². The molecular weight excluding hydrogens is 849 g/mol. The minimum Gasteiger partial charge on any atom is -0.496 e. The Kier molecular flexibility index (Phi) is 12.2. The molecule has 350 valence electrons. The van der Waals surface area contributed by atoms with Crippen LogP contribution in [-0.4, -0.2) is 110 Å². The molecule has 16 nitrogen and oxygen atoms in total. The van der Waals surface area contributed by atoms with E-state index in [4.69, 9.17) is 14.7 Å². The SMILES string of the molecule is COc1ccc(C(=O)N2CCC3(CCC(CN4CCN(c5ccc(Nc6ncc7c(=O)n8n(c7n6)-c6cccc(n6)[C@](C)(O)CC/C=C\C8)cc5)CC4)CC3)CC2)cc1C1CCC(=O)NC1=O. The summed E-state index contributed by atoms with van der Waals surface area (Å²) in [6.45, 7) is 8.68. The number of piperazine rings is 1. The smallest absolute Gasteiger partial charge is 0.278 e. The number of rotatable bonds is 8. The van der Waals surface area contributed by atoms with Crippen LogP contribution in [0.2, 0.25) is 0 Å². The van der Waals surface area contributed by atoms with Gasteiger partial charge in [0.05, 0.1) is 25.3 Å². The second-order valence-electron chi connectivity index (χ2n) is 19.5. The second-order valence-corrected chi connectivity index (χ2v) is 19.5. The quantitative estimate of drug-likeness (QED) is 0.122. The van der Waals surface area contributed by atoms with E-state index >= 15 is 0 Å². The largest absolute Gasteiger partial charge is 0.496 e. The molecule has 5 aromatic rings. The fraction of sp³-hybridized carbons (Fsp3) is 0.471. The summed E-state index contributed by atoms with van der Waals surface area (Å²) in [4.78, 5) is 73.0. The van der Waals surface area contributed by atoms with Crippen molar-refractivity contribution in [2.75, 3.05) is 63.1 Å². The zero-order valence-corrected chi connectivity index (χ0v) is 38.5. The molecule has 1 spiro atoms. The number of amides is 3. The van der Waals surface area contributed by atoms with E-state index in [2.05, 4.69) is 37.6 Å². The molecule has 3 saturated heterocycles. The first-order valence-electron chi connectivity index (χ1n) is 24.0. The van der Waals surface area contributed by atoms with Gasteiger partial charge in [-0.25, -0.2) is 19.3 Å². The minimum absolute atomic E-state index is 0.0115. The molecule has 3 N–H and O–H groups in total. The summed E-state index contributed by atoms with van der Waals surface area (Å²) >= 11 is 0. The Morgan fingerprint density at radius 2 is 1.67 bits per heavy atom. The van der Waals surface area contributed by atoms with Gasteiger partial charge in [-0.05, 0) is 131 Å². The Hall–Kier alpha value is -6.39. The first kappa shape index (κ1) is 44.4. The van der Waals surface area contributed by atoms with E-state index in [0.29, 0.717) is 82.5 Å². The van der Waals surface area contributed by atoms with Crippen molar-refractivity contribution >= 4 is 46.1 Å². The summed E-state index contributed by atoms with van der Waals surface area (Å²) in [5.74, 6) is 0.971. The van der Waals surface area contributed by atoms with Crippen molar-refractivity contribution in [3.63, 3.8) is 0 Å². The number of carbonyl (C=O) groups excluding carboxylic acids is 3. The molecule has 1 saturated carbocycles. The van der Waals surface area contributed by atoms with Crippen molar-refractivity contribution in [1.29, 1.82) is 0 Å².